The standard InChI is InChI=1S/C11H17N3OS2/c1-3-11(4-2)7-17-9(14-11)12-5-8-6-16-10(15)13-8/h6H,3-5,7H2,1-2H3,(H,12,14)(H,13,15). The molecule has 0 aromatic carbocycles. The van der Waals surface area contributed by atoms with Gasteiger partial charge in [0.1, 0.15) is 0 Å². The molecule has 1 saturated heterocycles. The Hall–Kier alpha value is -0.750. The second-order valence-electron chi connectivity index (χ2n) is 4.20. The van der Waals surface area contributed by atoms with Crippen LogP contribution in [0.15, 0.2) is 15.2 Å². The van der Waals surface area contributed by atoms with Crippen molar-refractivity contribution in [2.75, 3.05) is 5.75 Å². The van der Waals surface area contributed by atoms with Crippen LogP contribution in [-0.2, 0) is 6.54 Å². The van der Waals surface area contributed by atoms with Crippen LogP contribution in [0.25, 0.3) is 0 Å². The Morgan fingerprint density at radius 3 is 2.76 bits per heavy atom. The Morgan fingerprint density at radius 2 is 2.24 bits per heavy atom. The molecule has 2 N–H and O–H groups in total. The lowest BCUT2D eigenvalue weighted by Crippen LogP contribution is -2.42. The van der Waals surface area contributed by atoms with Crippen molar-refractivity contribution in [3.8, 4) is 0 Å². The molecule has 6 heteroatoms. The van der Waals surface area contributed by atoms with Gasteiger partial charge in [-0.15, -0.1) is 0 Å². The van der Waals surface area contributed by atoms with E-state index in [0.29, 0.717) is 6.54 Å². The lowest BCUT2D eigenvalue weighted by Gasteiger charge is -2.25. The Balaban J connectivity index is 1.98. The average Bonchev–Trinajstić information content (AvgIpc) is 2.93. The summed E-state index contributed by atoms with van der Waals surface area (Å²) in [5.41, 5.74) is 1.10. The molecular formula is C11H17N3OS2. The SMILES string of the molecule is CCC1(CC)CSC(=NCc2csc(=O)[nH]2)N1. The minimum Gasteiger partial charge on any atom is -0.359 e. The topological polar surface area (TPSA) is 57.2 Å². The normalized spacial score (nSPS) is 20.7. The van der Waals surface area contributed by atoms with Gasteiger partial charge in [-0.1, -0.05) is 36.9 Å². The maximum atomic E-state index is 11.0. The molecule has 0 atom stereocenters. The molecule has 0 bridgehead atoms. The summed E-state index contributed by atoms with van der Waals surface area (Å²) in [4.78, 5) is 18.2. The highest BCUT2D eigenvalue weighted by molar-refractivity contribution is 8.14. The molecule has 0 aliphatic carbocycles. The number of H-pyrrole nitrogens is 1. The number of aliphatic imine (C=N–C) groups is 1. The van der Waals surface area contributed by atoms with Crippen LogP contribution in [0.5, 0.6) is 0 Å². The molecule has 4 nitrogen and oxygen atoms in total. The van der Waals surface area contributed by atoms with E-state index in [2.05, 4.69) is 29.1 Å². The minimum absolute atomic E-state index is 0.0105. The van der Waals surface area contributed by atoms with Gasteiger partial charge in [-0.2, -0.15) is 0 Å². The number of aromatic nitrogens is 1. The summed E-state index contributed by atoms with van der Waals surface area (Å²) in [7, 11) is 0. The van der Waals surface area contributed by atoms with Crippen LogP contribution in [0.3, 0.4) is 0 Å². The molecule has 1 aromatic heterocycles. The molecule has 1 fully saturated rings. The molecule has 1 aliphatic rings. The summed E-state index contributed by atoms with van der Waals surface area (Å²) in [5, 5.41) is 6.34. The van der Waals surface area contributed by atoms with E-state index < -0.39 is 0 Å². The van der Waals surface area contributed by atoms with Gasteiger partial charge in [0, 0.05) is 16.7 Å². The van der Waals surface area contributed by atoms with E-state index in [1.165, 1.54) is 11.3 Å². The molecule has 0 saturated carbocycles. The summed E-state index contributed by atoms with van der Waals surface area (Å²) in [6.07, 6.45) is 2.23. The van der Waals surface area contributed by atoms with Crippen LogP contribution in [-0.4, -0.2) is 21.4 Å². The maximum absolute atomic E-state index is 11.0. The average molecular weight is 271 g/mol. The summed E-state index contributed by atoms with van der Waals surface area (Å²) < 4.78 is 0. The predicted molar refractivity (Wildman–Crippen MR) is 75.0 cm³/mol. The Bertz CT molecular complexity index is 459. The summed E-state index contributed by atoms with van der Waals surface area (Å²) in [6.45, 7) is 4.96. The molecule has 1 aliphatic heterocycles. The first kappa shape index (κ1) is 12.7. The number of nitrogens with zero attached hydrogens (tertiary/aromatic N) is 1. The molecule has 0 unspecified atom stereocenters. The molecule has 1 aromatic rings. The largest absolute Gasteiger partial charge is 0.359 e. The van der Waals surface area contributed by atoms with Gasteiger partial charge in [0.05, 0.1) is 12.2 Å². The Morgan fingerprint density at radius 1 is 1.47 bits per heavy atom. The molecule has 94 valence electrons. The van der Waals surface area contributed by atoms with Crippen molar-refractivity contribution in [1.29, 1.82) is 0 Å². The van der Waals surface area contributed by atoms with E-state index in [1.807, 2.05) is 5.38 Å². The third-order valence-electron chi connectivity index (χ3n) is 3.17. The van der Waals surface area contributed by atoms with Crippen molar-refractivity contribution in [3.63, 3.8) is 0 Å². The van der Waals surface area contributed by atoms with Gasteiger partial charge >= 0.3 is 4.87 Å². The highest BCUT2D eigenvalue weighted by Gasteiger charge is 2.33. The third-order valence-corrected chi connectivity index (χ3v) is 5.09. The first-order valence-corrected chi connectivity index (χ1v) is 7.66. The van der Waals surface area contributed by atoms with Crippen LogP contribution >= 0.6 is 23.1 Å². The zero-order valence-electron chi connectivity index (χ0n) is 10.1. The van der Waals surface area contributed by atoms with E-state index in [0.717, 1.165) is 29.5 Å². The number of hydrogen-bond donors (Lipinski definition) is 2. The molecule has 2 heterocycles. The molecule has 0 radical (unpaired) electrons. The predicted octanol–water partition coefficient (Wildman–Crippen LogP) is 2.19. The molecule has 0 amide bonds. The van der Waals surface area contributed by atoms with E-state index >= 15 is 0 Å². The van der Waals surface area contributed by atoms with E-state index in [1.54, 1.807) is 11.8 Å². The maximum Gasteiger partial charge on any atom is 0.304 e. The fourth-order valence-electron chi connectivity index (χ4n) is 1.77. The van der Waals surface area contributed by atoms with Crippen LogP contribution < -0.4 is 10.2 Å². The molecular weight excluding hydrogens is 254 g/mol. The Kier molecular flexibility index (Phi) is 3.93. The molecule has 2 rings (SSSR count). The molecule has 17 heavy (non-hydrogen) atoms. The quantitative estimate of drug-likeness (QED) is 0.882. The zero-order chi connectivity index (χ0) is 12.3. The number of amidine groups is 1. The van der Waals surface area contributed by atoms with Crippen molar-refractivity contribution in [2.45, 2.75) is 38.8 Å². The monoisotopic (exact) mass is 271 g/mol. The lowest BCUT2D eigenvalue weighted by molar-refractivity contribution is 0.407. The van der Waals surface area contributed by atoms with Crippen molar-refractivity contribution in [2.24, 2.45) is 4.99 Å². The van der Waals surface area contributed by atoms with Gasteiger partial charge in [0.2, 0.25) is 0 Å². The van der Waals surface area contributed by atoms with Crippen LogP contribution in [0.2, 0.25) is 0 Å². The second kappa shape index (κ2) is 5.27. The number of nitrogens with one attached hydrogen (secondary N) is 2. The van der Waals surface area contributed by atoms with E-state index in [4.69, 9.17) is 0 Å². The summed E-state index contributed by atoms with van der Waals surface area (Å²) in [5.74, 6) is 1.08. The first-order valence-electron chi connectivity index (χ1n) is 5.79. The summed E-state index contributed by atoms with van der Waals surface area (Å²) >= 11 is 2.96. The lowest BCUT2D eigenvalue weighted by atomic mass is 9.96. The van der Waals surface area contributed by atoms with Gasteiger partial charge < -0.3 is 10.3 Å². The van der Waals surface area contributed by atoms with Gasteiger partial charge in [-0.3, -0.25) is 9.79 Å². The van der Waals surface area contributed by atoms with Crippen molar-refractivity contribution in [1.82, 2.24) is 10.3 Å². The minimum atomic E-state index is -0.0105. The second-order valence-corrected chi connectivity index (χ2v) is 6.00. The number of thioether (sulfide) groups is 1. The van der Waals surface area contributed by atoms with Gasteiger partial charge in [0.25, 0.3) is 0 Å². The van der Waals surface area contributed by atoms with Crippen molar-refractivity contribution < 1.29 is 0 Å². The molecule has 0 spiro atoms. The van der Waals surface area contributed by atoms with Crippen molar-refractivity contribution >= 4 is 28.3 Å². The van der Waals surface area contributed by atoms with Crippen LogP contribution in [0.1, 0.15) is 32.4 Å². The number of rotatable bonds is 4. The summed E-state index contributed by atoms with van der Waals surface area (Å²) in [6, 6.07) is 0. The Labute approximate surface area is 109 Å². The smallest absolute Gasteiger partial charge is 0.304 e. The van der Waals surface area contributed by atoms with E-state index in [-0.39, 0.29) is 10.4 Å². The van der Waals surface area contributed by atoms with E-state index in [9.17, 15) is 4.79 Å². The van der Waals surface area contributed by atoms with Gasteiger partial charge in [0.15, 0.2) is 5.17 Å². The zero-order valence-corrected chi connectivity index (χ0v) is 11.7. The number of thiazole rings is 1. The van der Waals surface area contributed by atoms with Crippen LogP contribution in [0.4, 0.5) is 0 Å². The first-order chi connectivity index (χ1) is 8.17. The van der Waals surface area contributed by atoms with Crippen LogP contribution in [0, 0.1) is 0 Å². The number of hydrogen-bond acceptors (Lipinski definition) is 4. The third kappa shape index (κ3) is 2.93. The van der Waals surface area contributed by atoms with Crippen molar-refractivity contribution in [3.05, 3.63) is 20.7 Å². The highest BCUT2D eigenvalue weighted by Crippen LogP contribution is 2.28. The van der Waals surface area contributed by atoms with Gasteiger partial charge in [-0.25, -0.2) is 0 Å². The van der Waals surface area contributed by atoms with Gasteiger partial charge in [-0.05, 0) is 12.8 Å². The number of aromatic amines is 1. The fourth-order valence-corrected chi connectivity index (χ4v) is 3.68. The highest BCUT2D eigenvalue weighted by atomic mass is 32.2. The fraction of sp³-hybridized carbons (Fsp3) is 0.636.